The minimum Gasteiger partial charge on any atom is -0.384 e. The summed E-state index contributed by atoms with van der Waals surface area (Å²) in [5, 5.41) is 17.4. The van der Waals surface area contributed by atoms with Gasteiger partial charge in [-0.05, 0) is 43.2 Å². The molecule has 8 heteroatoms. The van der Waals surface area contributed by atoms with E-state index in [1.54, 1.807) is 18.5 Å². The predicted octanol–water partition coefficient (Wildman–Crippen LogP) is 3.72. The van der Waals surface area contributed by atoms with Crippen LogP contribution >= 0.6 is 15.9 Å². The fourth-order valence-electron chi connectivity index (χ4n) is 2.68. The molecule has 0 spiro atoms. The van der Waals surface area contributed by atoms with E-state index in [4.69, 9.17) is 10.5 Å². The van der Waals surface area contributed by atoms with Gasteiger partial charge >= 0.3 is 0 Å². The van der Waals surface area contributed by atoms with E-state index in [9.17, 15) is 5.26 Å². The number of hydrogen-bond acceptors (Lipinski definition) is 6. The minimum atomic E-state index is 0.124. The summed E-state index contributed by atoms with van der Waals surface area (Å²) in [5.41, 5.74) is 7.95. The molecule has 0 amide bonds. The molecule has 3 rings (SSSR count). The maximum absolute atomic E-state index is 9.21. The lowest BCUT2D eigenvalue weighted by Gasteiger charge is -2.15. The number of nitrogens with two attached hydrogens (primary N) is 1. The summed E-state index contributed by atoms with van der Waals surface area (Å²) >= 11 is 3.37. The first-order valence-corrected chi connectivity index (χ1v) is 9.26. The summed E-state index contributed by atoms with van der Waals surface area (Å²) in [6, 6.07) is 13.4. The van der Waals surface area contributed by atoms with Gasteiger partial charge in [0.05, 0.1) is 18.2 Å². The van der Waals surface area contributed by atoms with E-state index >= 15 is 0 Å². The second kappa shape index (κ2) is 8.75. The van der Waals surface area contributed by atoms with Gasteiger partial charge in [0.25, 0.3) is 0 Å². The maximum atomic E-state index is 9.21. The first-order valence-electron chi connectivity index (χ1n) is 8.47. The van der Waals surface area contributed by atoms with Crippen LogP contribution in [0.2, 0.25) is 0 Å². The van der Waals surface area contributed by atoms with Gasteiger partial charge < -0.3 is 15.0 Å². The lowest BCUT2D eigenvalue weighted by Crippen LogP contribution is -2.10. The smallest absolute Gasteiger partial charge is 0.182 e. The Kier molecular flexibility index (Phi) is 6.16. The average Bonchev–Trinajstić information content (AvgIpc) is 3.16. The highest BCUT2D eigenvalue weighted by molar-refractivity contribution is 9.10. The molecule has 0 saturated heterocycles. The maximum Gasteiger partial charge on any atom is 0.182 e. The molecule has 1 aromatic carbocycles. The molecule has 0 fully saturated rings. The molecule has 0 radical (unpaired) electrons. The SMILES string of the molecule is C[C@H](CCOCc1ccc(Br)cc1C#N)n1cnnc1-c1cccc(N)n1. The number of pyridine rings is 1. The monoisotopic (exact) mass is 426 g/mol. The highest BCUT2D eigenvalue weighted by atomic mass is 79.9. The number of benzene rings is 1. The molecule has 2 heterocycles. The summed E-state index contributed by atoms with van der Waals surface area (Å²) in [6.07, 6.45) is 2.46. The Balaban J connectivity index is 1.59. The first kappa shape index (κ1) is 19.0. The van der Waals surface area contributed by atoms with E-state index < -0.39 is 0 Å². The van der Waals surface area contributed by atoms with E-state index in [0.29, 0.717) is 36.1 Å². The Hall–Kier alpha value is -2.76. The van der Waals surface area contributed by atoms with Gasteiger partial charge in [-0.3, -0.25) is 0 Å². The summed E-state index contributed by atoms with van der Waals surface area (Å²) in [5.74, 6) is 1.12. The predicted molar refractivity (Wildman–Crippen MR) is 106 cm³/mol. The van der Waals surface area contributed by atoms with E-state index in [1.807, 2.05) is 28.8 Å². The fourth-order valence-corrected chi connectivity index (χ4v) is 3.04. The van der Waals surface area contributed by atoms with Gasteiger partial charge in [0.1, 0.15) is 17.8 Å². The minimum absolute atomic E-state index is 0.124. The van der Waals surface area contributed by atoms with E-state index in [-0.39, 0.29) is 6.04 Å². The van der Waals surface area contributed by atoms with Crippen molar-refractivity contribution >= 4 is 21.7 Å². The normalized spacial score (nSPS) is 11.9. The van der Waals surface area contributed by atoms with Gasteiger partial charge in [-0.2, -0.15) is 5.26 Å². The second-order valence-electron chi connectivity index (χ2n) is 6.11. The number of hydrogen-bond donors (Lipinski definition) is 1. The molecule has 0 bridgehead atoms. The molecular weight excluding hydrogens is 408 g/mol. The van der Waals surface area contributed by atoms with Crippen molar-refractivity contribution in [3.63, 3.8) is 0 Å². The zero-order valence-electron chi connectivity index (χ0n) is 14.8. The van der Waals surface area contributed by atoms with E-state index in [1.165, 1.54) is 0 Å². The summed E-state index contributed by atoms with van der Waals surface area (Å²) in [6.45, 7) is 3.02. The van der Waals surface area contributed by atoms with Crippen LogP contribution in [0.5, 0.6) is 0 Å². The molecule has 0 unspecified atom stereocenters. The van der Waals surface area contributed by atoms with Gasteiger partial charge in [-0.15, -0.1) is 10.2 Å². The summed E-state index contributed by atoms with van der Waals surface area (Å²) in [4.78, 5) is 4.31. The van der Waals surface area contributed by atoms with Crippen molar-refractivity contribution in [3.05, 3.63) is 58.3 Å². The summed E-state index contributed by atoms with van der Waals surface area (Å²) in [7, 11) is 0. The number of halogens is 1. The van der Waals surface area contributed by atoms with E-state index in [2.05, 4.69) is 44.1 Å². The molecule has 0 saturated carbocycles. The standard InChI is InChI=1S/C19H19BrN6O/c1-13(7-8-27-11-14-5-6-16(20)9-15(14)10-21)26-12-23-25-19(26)17-3-2-4-18(22)24-17/h2-6,9,12-13H,7-8,11H2,1H3,(H2,22,24)/t13-/m1/s1. The Morgan fingerprint density at radius 1 is 1.33 bits per heavy atom. The molecule has 0 aliphatic carbocycles. The fraction of sp³-hybridized carbons (Fsp3) is 0.263. The first-order chi connectivity index (χ1) is 13.1. The summed E-state index contributed by atoms with van der Waals surface area (Å²) < 4.78 is 8.62. The highest BCUT2D eigenvalue weighted by Crippen LogP contribution is 2.22. The molecule has 27 heavy (non-hydrogen) atoms. The molecule has 3 aromatic rings. The van der Waals surface area contributed by atoms with Crippen molar-refractivity contribution in [2.24, 2.45) is 0 Å². The quantitative estimate of drug-likeness (QED) is 0.577. The third-order valence-corrected chi connectivity index (χ3v) is 4.67. The average molecular weight is 427 g/mol. The van der Waals surface area contributed by atoms with Crippen LogP contribution in [0.1, 0.15) is 30.5 Å². The third-order valence-electron chi connectivity index (χ3n) is 4.18. The molecule has 2 N–H and O–H groups in total. The van der Waals surface area contributed by atoms with Crippen LogP contribution < -0.4 is 5.73 Å². The third kappa shape index (κ3) is 4.70. The lowest BCUT2D eigenvalue weighted by atomic mass is 10.1. The van der Waals surface area contributed by atoms with Crippen LogP contribution in [-0.2, 0) is 11.3 Å². The van der Waals surface area contributed by atoms with Crippen molar-refractivity contribution < 1.29 is 4.74 Å². The highest BCUT2D eigenvalue weighted by Gasteiger charge is 2.14. The van der Waals surface area contributed by atoms with Crippen molar-refractivity contribution in [1.29, 1.82) is 5.26 Å². The Labute approximate surface area is 165 Å². The van der Waals surface area contributed by atoms with E-state index in [0.717, 1.165) is 16.5 Å². The van der Waals surface area contributed by atoms with Crippen molar-refractivity contribution in [3.8, 4) is 17.6 Å². The Morgan fingerprint density at radius 2 is 2.19 bits per heavy atom. The molecule has 138 valence electrons. The van der Waals surface area contributed by atoms with Gasteiger partial charge in [0, 0.05) is 17.1 Å². The molecule has 2 aromatic heterocycles. The van der Waals surface area contributed by atoms with Crippen molar-refractivity contribution in [1.82, 2.24) is 19.7 Å². The van der Waals surface area contributed by atoms with Crippen molar-refractivity contribution in [2.75, 3.05) is 12.3 Å². The van der Waals surface area contributed by atoms with Gasteiger partial charge in [0.15, 0.2) is 5.82 Å². The number of anilines is 1. The zero-order valence-corrected chi connectivity index (χ0v) is 16.4. The van der Waals surface area contributed by atoms with Crippen LogP contribution in [0.4, 0.5) is 5.82 Å². The number of rotatable bonds is 7. The van der Waals surface area contributed by atoms with Crippen LogP contribution in [0.15, 0.2) is 47.2 Å². The second-order valence-corrected chi connectivity index (χ2v) is 7.03. The molecule has 0 aliphatic rings. The van der Waals surface area contributed by atoms with Gasteiger partial charge in [-0.1, -0.05) is 28.1 Å². The van der Waals surface area contributed by atoms with Crippen LogP contribution in [0, 0.1) is 11.3 Å². The van der Waals surface area contributed by atoms with Crippen LogP contribution in [-0.4, -0.2) is 26.4 Å². The number of nitriles is 1. The molecular formula is C19H19BrN6O. The Morgan fingerprint density at radius 3 is 2.96 bits per heavy atom. The van der Waals surface area contributed by atoms with Gasteiger partial charge in [-0.25, -0.2) is 4.98 Å². The zero-order chi connectivity index (χ0) is 19.2. The van der Waals surface area contributed by atoms with Crippen molar-refractivity contribution in [2.45, 2.75) is 26.0 Å². The van der Waals surface area contributed by atoms with Crippen LogP contribution in [0.3, 0.4) is 0 Å². The largest absolute Gasteiger partial charge is 0.384 e. The van der Waals surface area contributed by atoms with Crippen LogP contribution in [0.25, 0.3) is 11.5 Å². The number of nitrogens with zero attached hydrogens (tertiary/aromatic N) is 5. The molecule has 1 atom stereocenters. The number of nitrogen functional groups attached to an aromatic ring is 1. The number of aromatic nitrogens is 4. The lowest BCUT2D eigenvalue weighted by molar-refractivity contribution is 0.110. The topological polar surface area (TPSA) is 103 Å². The number of ether oxygens (including phenoxy) is 1. The Bertz CT molecular complexity index is 965. The van der Waals surface area contributed by atoms with Gasteiger partial charge in [0.2, 0.25) is 0 Å². The molecule has 0 aliphatic heterocycles. The molecule has 7 nitrogen and oxygen atoms in total.